The number of benzene rings is 2. The summed E-state index contributed by atoms with van der Waals surface area (Å²) in [5, 5.41) is 15.6. The van der Waals surface area contributed by atoms with Gasteiger partial charge in [0.05, 0.1) is 0 Å². The van der Waals surface area contributed by atoms with Gasteiger partial charge in [0.2, 0.25) is 0 Å². The van der Waals surface area contributed by atoms with Gasteiger partial charge in [0.1, 0.15) is 5.75 Å². The van der Waals surface area contributed by atoms with Crippen molar-refractivity contribution in [2.75, 3.05) is 12.3 Å². The lowest BCUT2D eigenvalue weighted by molar-refractivity contribution is 0.430. The molecule has 1 fully saturated rings. The SMILES string of the molecule is Oc1ccc(SCC2CCCCN2)c2ccccc12. The van der Waals surface area contributed by atoms with Gasteiger partial charge >= 0.3 is 0 Å². The van der Waals surface area contributed by atoms with Crippen molar-refractivity contribution in [1.29, 1.82) is 0 Å². The molecular formula is C16H19NOS. The van der Waals surface area contributed by atoms with E-state index in [0.29, 0.717) is 11.8 Å². The molecule has 1 atom stereocenters. The molecule has 100 valence electrons. The lowest BCUT2D eigenvalue weighted by Crippen LogP contribution is -2.35. The average Bonchev–Trinajstić information content (AvgIpc) is 2.48. The zero-order valence-corrected chi connectivity index (χ0v) is 11.7. The van der Waals surface area contributed by atoms with Gasteiger partial charge in [-0.3, -0.25) is 0 Å². The molecule has 0 aliphatic carbocycles. The lowest BCUT2D eigenvalue weighted by atomic mass is 10.1. The maximum absolute atomic E-state index is 9.89. The van der Waals surface area contributed by atoms with E-state index in [1.807, 2.05) is 36.0 Å². The first-order chi connectivity index (χ1) is 9.34. The Morgan fingerprint density at radius 1 is 1.11 bits per heavy atom. The maximum Gasteiger partial charge on any atom is 0.123 e. The van der Waals surface area contributed by atoms with Gasteiger partial charge < -0.3 is 10.4 Å². The van der Waals surface area contributed by atoms with Gasteiger partial charge in [0, 0.05) is 22.1 Å². The van der Waals surface area contributed by atoms with Crippen molar-refractivity contribution in [3.63, 3.8) is 0 Å². The highest BCUT2D eigenvalue weighted by atomic mass is 32.2. The fourth-order valence-electron chi connectivity index (χ4n) is 2.64. The molecule has 2 N–H and O–H groups in total. The summed E-state index contributed by atoms with van der Waals surface area (Å²) in [4.78, 5) is 1.26. The van der Waals surface area contributed by atoms with E-state index in [-0.39, 0.29) is 0 Å². The number of rotatable bonds is 3. The normalized spacial score (nSPS) is 19.7. The van der Waals surface area contributed by atoms with Crippen LogP contribution in [0.2, 0.25) is 0 Å². The van der Waals surface area contributed by atoms with Crippen molar-refractivity contribution in [2.24, 2.45) is 0 Å². The second-order valence-corrected chi connectivity index (χ2v) is 6.15. The van der Waals surface area contributed by atoms with Crippen molar-refractivity contribution >= 4 is 22.5 Å². The van der Waals surface area contributed by atoms with Crippen LogP contribution in [0, 0.1) is 0 Å². The molecule has 0 saturated carbocycles. The molecule has 19 heavy (non-hydrogen) atoms. The first kappa shape index (κ1) is 12.8. The van der Waals surface area contributed by atoms with Crippen LogP contribution in [0.15, 0.2) is 41.3 Å². The number of thioether (sulfide) groups is 1. The predicted octanol–water partition coefficient (Wildman–Crippen LogP) is 3.78. The molecule has 1 heterocycles. The van der Waals surface area contributed by atoms with E-state index < -0.39 is 0 Å². The Morgan fingerprint density at radius 2 is 1.95 bits per heavy atom. The number of phenolic OH excluding ortho intramolecular Hbond substituents is 1. The van der Waals surface area contributed by atoms with E-state index in [4.69, 9.17) is 0 Å². The van der Waals surface area contributed by atoms with Crippen molar-refractivity contribution in [1.82, 2.24) is 5.32 Å². The number of hydrogen-bond acceptors (Lipinski definition) is 3. The Morgan fingerprint density at radius 3 is 2.74 bits per heavy atom. The number of aromatic hydroxyl groups is 1. The Kier molecular flexibility index (Phi) is 3.95. The van der Waals surface area contributed by atoms with Crippen molar-refractivity contribution in [2.45, 2.75) is 30.2 Å². The average molecular weight is 273 g/mol. The molecule has 2 nitrogen and oxygen atoms in total. The van der Waals surface area contributed by atoms with Crippen LogP contribution in [0.25, 0.3) is 10.8 Å². The van der Waals surface area contributed by atoms with Crippen LogP contribution in [0.1, 0.15) is 19.3 Å². The number of nitrogens with one attached hydrogen (secondary N) is 1. The summed E-state index contributed by atoms with van der Waals surface area (Å²) in [6.45, 7) is 1.15. The highest BCUT2D eigenvalue weighted by Crippen LogP contribution is 2.33. The van der Waals surface area contributed by atoms with E-state index in [1.54, 1.807) is 6.07 Å². The Hall–Kier alpha value is -1.19. The molecule has 2 aromatic carbocycles. The number of phenols is 1. The molecule has 1 aliphatic heterocycles. The second kappa shape index (κ2) is 5.85. The topological polar surface area (TPSA) is 32.3 Å². The molecule has 0 radical (unpaired) electrons. The summed E-state index contributed by atoms with van der Waals surface area (Å²) < 4.78 is 0. The number of fused-ring (bicyclic) bond motifs is 1. The first-order valence-corrected chi connectivity index (χ1v) is 7.90. The fraction of sp³-hybridized carbons (Fsp3) is 0.375. The van der Waals surface area contributed by atoms with Crippen LogP contribution in [0.4, 0.5) is 0 Å². The zero-order valence-electron chi connectivity index (χ0n) is 10.9. The minimum atomic E-state index is 0.371. The van der Waals surface area contributed by atoms with Gasteiger partial charge in [-0.05, 0) is 36.9 Å². The van der Waals surface area contributed by atoms with Gasteiger partial charge in [0.25, 0.3) is 0 Å². The van der Waals surface area contributed by atoms with Crippen molar-refractivity contribution in [3.05, 3.63) is 36.4 Å². The smallest absolute Gasteiger partial charge is 0.123 e. The molecule has 3 heteroatoms. The van der Waals surface area contributed by atoms with Crippen LogP contribution in [-0.4, -0.2) is 23.4 Å². The van der Waals surface area contributed by atoms with Gasteiger partial charge in [0.15, 0.2) is 0 Å². The van der Waals surface area contributed by atoms with Crippen LogP contribution in [0.3, 0.4) is 0 Å². The Bertz CT molecular complexity index is 564. The van der Waals surface area contributed by atoms with Gasteiger partial charge in [-0.15, -0.1) is 11.8 Å². The number of piperidine rings is 1. The Balaban J connectivity index is 1.79. The highest BCUT2D eigenvalue weighted by Gasteiger charge is 2.13. The van der Waals surface area contributed by atoms with Crippen LogP contribution in [-0.2, 0) is 0 Å². The molecule has 2 aromatic rings. The Labute approximate surface area is 118 Å². The first-order valence-electron chi connectivity index (χ1n) is 6.91. The molecule has 0 spiro atoms. The van der Waals surface area contributed by atoms with Crippen LogP contribution < -0.4 is 5.32 Å². The summed E-state index contributed by atoms with van der Waals surface area (Å²) in [5.41, 5.74) is 0. The predicted molar refractivity (Wildman–Crippen MR) is 82.0 cm³/mol. The minimum Gasteiger partial charge on any atom is -0.507 e. The van der Waals surface area contributed by atoms with Crippen molar-refractivity contribution < 1.29 is 5.11 Å². The molecule has 0 bridgehead atoms. The standard InChI is InChI=1S/C16H19NOS/c18-15-8-9-16(14-7-2-1-6-13(14)15)19-11-12-5-3-4-10-17-12/h1-2,6-9,12,17-18H,3-5,10-11H2. The third-order valence-corrected chi connectivity index (χ3v) is 4.95. The van der Waals surface area contributed by atoms with E-state index >= 15 is 0 Å². The van der Waals surface area contributed by atoms with Crippen LogP contribution >= 0.6 is 11.8 Å². The third kappa shape index (κ3) is 2.88. The summed E-state index contributed by atoms with van der Waals surface area (Å²) in [6, 6.07) is 12.5. The summed E-state index contributed by atoms with van der Waals surface area (Å²) in [7, 11) is 0. The van der Waals surface area contributed by atoms with Gasteiger partial charge in [-0.2, -0.15) is 0 Å². The molecular weight excluding hydrogens is 254 g/mol. The third-order valence-electron chi connectivity index (χ3n) is 3.71. The van der Waals surface area contributed by atoms with Crippen molar-refractivity contribution in [3.8, 4) is 5.75 Å². The summed E-state index contributed by atoms with van der Waals surface area (Å²) >= 11 is 1.89. The van der Waals surface area contributed by atoms with E-state index in [9.17, 15) is 5.11 Å². The summed E-state index contributed by atoms with van der Waals surface area (Å²) in [5.74, 6) is 1.48. The summed E-state index contributed by atoms with van der Waals surface area (Å²) in [6.07, 6.45) is 3.93. The number of hydrogen-bond donors (Lipinski definition) is 2. The quantitative estimate of drug-likeness (QED) is 0.835. The van der Waals surface area contributed by atoms with E-state index in [1.165, 1.54) is 24.2 Å². The zero-order chi connectivity index (χ0) is 13.1. The second-order valence-electron chi connectivity index (χ2n) is 5.09. The molecule has 0 aromatic heterocycles. The largest absolute Gasteiger partial charge is 0.507 e. The molecule has 1 aliphatic rings. The van der Waals surface area contributed by atoms with Gasteiger partial charge in [-0.1, -0.05) is 30.7 Å². The highest BCUT2D eigenvalue weighted by molar-refractivity contribution is 7.99. The minimum absolute atomic E-state index is 0.371. The van der Waals surface area contributed by atoms with Gasteiger partial charge in [-0.25, -0.2) is 0 Å². The monoisotopic (exact) mass is 273 g/mol. The lowest BCUT2D eigenvalue weighted by Gasteiger charge is -2.23. The maximum atomic E-state index is 9.89. The fourth-order valence-corrected chi connectivity index (χ4v) is 3.80. The molecule has 0 amide bonds. The molecule has 1 saturated heterocycles. The van der Waals surface area contributed by atoms with Crippen LogP contribution in [0.5, 0.6) is 5.75 Å². The van der Waals surface area contributed by atoms with E-state index in [0.717, 1.165) is 23.1 Å². The van der Waals surface area contributed by atoms with E-state index in [2.05, 4.69) is 11.4 Å². The molecule has 1 unspecified atom stereocenters. The molecule has 3 rings (SSSR count).